The molecule has 0 fully saturated rings. The van der Waals surface area contributed by atoms with Crippen molar-refractivity contribution >= 4 is 5.91 Å². The zero-order valence-corrected chi connectivity index (χ0v) is 13.3. The van der Waals surface area contributed by atoms with Crippen LogP contribution in [0.25, 0.3) is 0 Å². The lowest BCUT2D eigenvalue weighted by atomic mass is 10.0. The summed E-state index contributed by atoms with van der Waals surface area (Å²) in [5.74, 6) is 0.855. The molecule has 2 heterocycles. The van der Waals surface area contributed by atoms with Crippen molar-refractivity contribution in [2.75, 3.05) is 6.54 Å². The van der Waals surface area contributed by atoms with Crippen LogP contribution in [0, 0.1) is 5.92 Å². The van der Waals surface area contributed by atoms with Crippen molar-refractivity contribution in [2.24, 2.45) is 5.92 Å². The highest BCUT2D eigenvalue weighted by molar-refractivity contribution is 5.79. The number of aromatic nitrogens is 2. The van der Waals surface area contributed by atoms with Crippen LogP contribution < -0.4 is 0 Å². The Morgan fingerprint density at radius 2 is 2.00 bits per heavy atom. The van der Waals surface area contributed by atoms with E-state index >= 15 is 0 Å². The summed E-state index contributed by atoms with van der Waals surface area (Å²) in [5, 5.41) is 7.05. The normalized spacial score (nSPS) is 14.2. The van der Waals surface area contributed by atoms with E-state index in [-0.39, 0.29) is 5.91 Å². The number of benzene rings is 1. The highest BCUT2D eigenvalue weighted by atomic mass is 16.2. The van der Waals surface area contributed by atoms with Gasteiger partial charge in [-0.05, 0) is 23.5 Å². The summed E-state index contributed by atoms with van der Waals surface area (Å²) in [6, 6.07) is 8.46. The van der Waals surface area contributed by atoms with Crippen molar-refractivity contribution in [1.82, 2.24) is 15.1 Å². The Morgan fingerprint density at radius 3 is 2.73 bits per heavy atom. The number of aromatic amines is 1. The van der Waals surface area contributed by atoms with E-state index < -0.39 is 0 Å². The summed E-state index contributed by atoms with van der Waals surface area (Å²) in [6.45, 7) is 5.89. The number of rotatable bonds is 4. The van der Waals surface area contributed by atoms with Crippen molar-refractivity contribution in [3.8, 4) is 0 Å². The molecule has 4 nitrogen and oxygen atoms in total. The number of carbonyl (C=O) groups excluding carboxylic acids is 1. The largest absolute Gasteiger partial charge is 0.338 e. The quantitative estimate of drug-likeness (QED) is 0.943. The van der Waals surface area contributed by atoms with Gasteiger partial charge >= 0.3 is 0 Å². The van der Waals surface area contributed by atoms with Gasteiger partial charge in [-0.1, -0.05) is 38.1 Å². The summed E-state index contributed by atoms with van der Waals surface area (Å²) in [4.78, 5) is 14.4. The number of nitrogens with zero attached hydrogens (tertiary/aromatic N) is 2. The molecule has 1 aliphatic rings. The number of hydrogen-bond donors (Lipinski definition) is 1. The Labute approximate surface area is 131 Å². The molecule has 0 spiro atoms. The Bertz CT molecular complexity index is 643. The molecule has 0 unspecified atom stereocenters. The molecular formula is C18H23N3O. The second kappa shape index (κ2) is 6.34. The van der Waals surface area contributed by atoms with Crippen LogP contribution in [-0.4, -0.2) is 27.5 Å². The highest BCUT2D eigenvalue weighted by Gasteiger charge is 2.21. The zero-order chi connectivity index (χ0) is 15.5. The fourth-order valence-electron chi connectivity index (χ4n) is 2.99. The average Bonchev–Trinajstić information content (AvgIpc) is 2.96. The third-order valence-electron chi connectivity index (χ3n) is 4.18. The van der Waals surface area contributed by atoms with Crippen molar-refractivity contribution in [2.45, 2.75) is 39.7 Å². The molecule has 0 radical (unpaired) electrons. The van der Waals surface area contributed by atoms with Crippen molar-refractivity contribution in [3.05, 3.63) is 52.8 Å². The van der Waals surface area contributed by atoms with Gasteiger partial charge in [-0.25, -0.2) is 0 Å². The molecule has 1 aromatic heterocycles. The maximum absolute atomic E-state index is 12.5. The number of nitrogens with one attached hydrogen (secondary N) is 1. The lowest BCUT2D eigenvalue weighted by Gasteiger charge is -2.26. The molecule has 4 heteroatoms. The van der Waals surface area contributed by atoms with Gasteiger partial charge in [0, 0.05) is 30.8 Å². The van der Waals surface area contributed by atoms with Crippen LogP contribution in [0.4, 0.5) is 0 Å². The minimum absolute atomic E-state index is 0.198. The van der Waals surface area contributed by atoms with E-state index in [0.717, 1.165) is 30.5 Å². The van der Waals surface area contributed by atoms with Gasteiger partial charge < -0.3 is 4.90 Å². The Kier molecular flexibility index (Phi) is 4.27. The molecule has 3 rings (SSSR count). The topological polar surface area (TPSA) is 49.0 Å². The molecule has 22 heavy (non-hydrogen) atoms. The third kappa shape index (κ3) is 3.38. The van der Waals surface area contributed by atoms with Gasteiger partial charge in [-0.15, -0.1) is 0 Å². The smallest absolute Gasteiger partial charge is 0.227 e. The number of hydrogen-bond acceptors (Lipinski definition) is 2. The van der Waals surface area contributed by atoms with Gasteiger partial charge in [0.15, 0.2) is 0 Å². The molecule has 0 saturated heterocycles. The Hall–Kier alpha value is -2.10. The van der Waals surface area contributed by atoms with Crippen LogP contribution in [0.3, 0.4) is 0 Å². The van der Waals surface area contributed by atoms with Crippen LogP contribution in [0.5, 0.6) is 0 Å². The van der Waals surface area contributed by atoms with E-state index in [0.29, 0.717) is 18.9 Å². The van der Waals surface area contributed by atoms with Crippen molar-refractivity contribution < 1.29 is 4.79 Å². The van der Waals surface area contributed by atoms with Crippen molar-refractivity contribution in [1.29, 1.82) is 0 Å². The van der Waals surface area contributed by atoms with E-state index in [1.807, 2.05) is 11.1 Å². The predicted molar refractivity (Wildman–Crippen MR) is 86.4 cm³/mol. The molecule has 2 aromatic rings. The molecule has 0 saturated carbocycles. The third-order valence-corrected chi connectivity index (χ3v) is 4.18. The van der Waals surface area contributed by atoms with Gasteiger partial charge in [-0.3, -0.25) is 9.89 Å². The number of fused-ring (bicyclic) bond motifs is 1. The lowest BCUT2D eigenvalue weighted by Crippen LogP contribution is -2.36. The first-order valence-corrected chi connectivity index (χ1v) is 7.98. The fraction of sp³-hybridized carbons (Fsp3) is 0.444. The van der Waals surface area contributed by atoms with Crippen LogP contribution in [-0.2, 0) is 30.6 Å². The van der Waals surface area contributed by atoms with Gasteiger partial charge in [0.1, 0.15) is 0 Å². The minimum Gasteiger partial charge on any atom is -0.338 e. The Morgan fingerprint density at radius 1 is 1.27 bits per heavy atom. The molecule has 1 N–H and O–H groups in total. The highest BCUT2D eigenvalue weighted by Crippen LogP contribution is 2.17. The number of amides is 1. The van der Waals surface area contributed by atoms with E-state index in [1.165, 1.54) is 11.3 Å². The lowest BCUT2D eigenvalue weighted by molar-refractivity contribution is -0.131. The summed E-state index contributed by atoms with van der Waals surface area (Å²) in [5.41, 5.74) is 4.75. The van der Waals surface area contributed by atoms with Gasteiger partial charge in [0.2, 0.25) is 5.91 Å². The average molecular weight is 297 g/mol. The first-order valence-electron chi connectivity index (χ1n) is 7.98. The standard InChI is InChI=1S/C18H23N3O/c1-13(2)9-14-3-5-15(6-4-14)10-18(22)21-8-7-17-16(12-21)11-19-20-17/h3-6,11,13H,7-10,12H2,1-2H3,(H,19,20). The summed E-state index contributed by atoms with van der Waals surface area (Å²) >= 11 is 0. The monoisotopic (exact) mass is 297 g/mol. The fourth-order valence-corrected chi connectivity index (χ4v) is 2.99. The summed E-state index contributed by atoms with van der Waals surface area (Å²) < 4.78 is 0. The zero-order valence-electron chi connectivity index (χ0n) is 13.3. The Balaban J connectivity index is 1.60. The van der Waals surface area contributed by atoms with E-state index in [2.05, 4.69) is 48.3 Å². The molecule has 1 aromatic carbocycles. The maximum atomic E-state index is 12.5. The van der Waals surface area contributed by atoms with Crippen LogP contribution in [0.2, 0.25) is 0 Å². The molecule has 1 amide bonds. The maximum Gasteiger partial charge on any atom is 0.227 e. The van der Waals surface area contributed by atoms with E-state index in [1.54, 1.807) is 0 Å². The van der Waals surface area contributed by atoms with Crippen molar-refractivity contribution in [3.63, 3.8) is 0 Å². The van der Waals surface area contributed by atoms with Crippen LogP contribution in [0.15, 0.2) is 30.5 Å². The van der Waals surface area contributed by atoms with E-state index in [4.69, 9.17) is 0 Å². The summed E-state index contributed by atoms with van der Waals surface area (Å²) in [6.07, 6.45) is 4.27. The first-order chi connectivity index (χ1) is 10.6. The molecule has 1 aliphatic heterocycles. The SMILES string of the molecule is CC(C)Cc1ccc(CC(=O)N2CCc3[nH]ncc3C2)cc1. The number of H-pyrrole nitrogens is 1. The number of carbonyl (C=O) groups is 1. The summed E-state index contributed by atoms with van der Waals surface area (Å²) in [7, 11) is 0. The van der Waals surface area contributed by atoms with Gasteiger partial charge in [-0.2, -0.15) is 5.10 Å². The van der Waals surface area contributed by atoms with Gasteiger partial charge in [0.25, 0.3) is 0 Å². The van der Waals surface area contributed by atoms with Gasteiger partial charge in [0.05, 0.1) is 12.6 Å². The molecule has 0 aliphatic carbocycles. The first kappa shape index (κ1) is 14.8. The van der Waals surface area contributed by atoms with E-state index in [9.17, 15) is 4.79 Å². The predicted octanol–water partition coefficient (Wildman–Crippen LogP) is 2.74. The second-order valence-electron chi connectivity index (χ2n) is 6.53. The molecule has 0 bridgehead atoms. The molecule has 0 atom stereocenters. The van der Waals surface area contributed by atoms with Crippen LogP contribution >= 0.6 is 0 Å². The van der Waals surface area contributed by atoms with Crippen LogP contribution in [0.1, 0.15) is 36.2 Å². The molecular weight excluding hydrogens is 274 g/mol. The molecule has 116 valence electrons. The minimum atomic E-state index is 0.198. The second-order valence-corrected chi connectivity index (χ2v) is 6.53.